The number of aromatic nitrogens is 4. The first-order chi connectivity index (χ1) is 9.28. The summed E-state index contributed by atoms with van der Waals surface area (Å²) in [6.45, 7) is 2.19. The van der Waals surface area contributed by atoms with Crippen molar-refractivity contribution < 1.29 is 9.53 Å². The third-order valence-electron chi connectivity index (χ3n) is 3.02. The second-order valence-electron chi connectivity index (χ2n) is 4.28. The van der Waals surface area contributed by atoms with Crippen LogP contribution in [0.5, 0.6) is 0 Å². The number of aryl methyl sites for hydroxylation is 2. The van der Waals surface area contributed by atoms with Gasteiger partial charge in [0.15, 0.2) is 0 Å². The van der Waals surface area contributed by atoms with Crippen LogP contribution in [-0.2, 0) is 22.4 Å². The van der Waals surface area contributed by atoms with E-state index < -0.39 is 0 Å². The van der Waals surface area contributed by atoms with E-state index in [-0.39, 0.29) is 11.7 Å². The number of rotatable bonds is 4. The summed E-state index contributed by atoms with van der Waals surface area (Å²) in [5.41, 5.74) is 2.44. The van der Waals surface area contributed by atoms with Crippen molar-refractivity contribution in [3.63, 3.8) is 0 Å². The van der Waals surface area contributed by atoms with Gasteiger partial charge in [0.2, 0.25) is 5.16 Å². The quantitative estimate of drug-likeness (QED) is 0.619. The van der Waals surface area contributed by atoms with E-state index >= 15 is 0 Å². The lowest BCUT2D eigenvalue weighted by molar-refractivity contribution is -0.139. The van der Waals surface area contributed by atoms with E-state index in [0.29, 0.717) is 17.5 Å². The molecule has 1 aliphatic rings. The fourth-order valence-electron chi connectivity index (χ4n) is 2.21. The van der Waals surface area contributed by atoms with Crippen LogP contribution >= 0.6 is 11.8 Å². The number of carbonyl (C=O) groups excluding carboxylic acids is 1. The molecule has 1 aliphatic carbocycles. The van der Waals surface area contributed by atoms with Crippen LogP contribution in [0.4, 0.5) is 0 Å². The standard InChI is InChI=1S/C12H14N4O2S/c1-2-18-10(17)7-19-12-14-11-13-6-8-4-3-5-9(8)16(11)15-12/h6H,2-5,7H2,1H3. The van der Waals surface area contributed by atoms with Gasteiger partial charge in [0.25, 0.3) is 5.78 Å². The number of fused-ring (bicyclic) bond motifs is 3. The van der Waals surface area contributed by atoms with Crippen molar-refractivity contribution in [2.45, 2.75) is 31.3 Å². The molecule has 0 spiro atoms. The maximum absolute atomic E-state index is 11.3. The molecule has 2 aromatic heterocycles. The summed E-state index contributed by atoms with van der Waals surface area (Å²) >= 11 is 1.28. The zero-order chi connectivity index (χ0) is 13.2. The number of esters is 1. The van der Waals surface area contributed by atoms with Gasteiger partial charge in [0.05, 0.1) is 18.1 Å². The molecule has 19 heavy (non-hydrogen) atoms. The van der Waals surface area contributed by atoms with Gasteiger partial charge in [-0.05, 0) is 31.7 Å². The lowest BCUT2D eigenvalue weighted by Gasteiger charge is -1.99. The normalized spacial score (nSPS) is 13.7. The van der Waals surface area contributed by atoms with Crippen molar-refractivity contribution in [1.82, 2.24) is 19.6 Å². The number of hydrogen-bond donors (Lipinski definition) is 0. The molecular weight excluding hydrogens is 264 g/mol. The van der Waals surface area contributed by atoms with Crippen molar-refractivity contribution in [3.8, 4) is 0 Å². The van der Waals surface area contributed by atoms with Crippen molar-refractivity contribution in [2.75, 3.05) is 12.4 Å². The van der Waals surface area contributed by atoms with Gasteiger partial charge in [-0.2, -0.15) is 9.50 Å². The molecule has 0 fully saturated rings. The molecule has 0 saturated heterocycles. The SMILES string of the molecule is CCOC(=O)CSc1nc2ncc3c(n2n1)CCC3. The molecule has 100 valence electrons. The maximum atomic E-state index is 11.3. The van der Waals surface area contributed by atoms with E-state index in [1.165, 1.54) is 23.0 Å². The minimum Gasteiger partial charge on any atom is -0.465 e. The van der Waals surface area contributed by atoms with E-state index in [1.807, 2.05) is 6.20 Å². The predicted octanol–water partition coefficient (Wildman–Crippen LogP) is 1.27. The van der Waals surface area contributed by atoms with Gasteiger partial charge in [-0.25, -0.2) is 4.98 Å². The molecule has 0 bridgehead atoms. The van der Waals surface area contributed by atoms with E-state index in [9.17, 15) is 4.79 Å². The predicted molar refractivity (Wildman–Crippen MR) is 70.2 cm³/mol. The molecule has 2 heterocycles. The van der Waals surface area contributed by atoms with Crippen molar-refractivity contribution in [2.24, 2.45) is 0 Å². The van der Waals surface area contributed by atoms with Gasteiger partial charge in [-0.1, -0.05) is 11.8 Å². The second-order valence-corrected chi connectivity index (χ2v) is 5.23. The molecule has 0 saturated carbocycles. The summed E-state index contributed by atoms with van der Waals surface area (Å²) in [5, 5.41) is 4.98. The first-order valence-electron chi connectivity index (χ1n) is 6.30. The molecule has 0 unspecified atom stereocenters. The maximum Gasteiger partial charge on any atom is 0.316 e. The Balaban J connectivity index is 1.80. The lowest BCUT2D eigenvalue weighted by atomic mass is 10.3. The fourth-order valence-corrected chi connectivity index (χ4v) is 2.82. The van der Waals surface area contributed by atoms with E-state index in [0.717, 1.165) is 19.3 Å². The van der Waals surface area contributed by atoms with Gasteiger partial charge in [-0.15, -0.1) is 5.10 Å². The number of ether oxygens (including phenoxy) is 1. The average Bonchev–Trinajstić information content (AvgIpc) is 3.01. The molecule has 7 heteroatoms. The van der Waals surface area contributed by atoms with Crippen LogP contribution in [0.25, 0.3) is 5.78 Å². The molecule has 0 N–H and O–H groups in total. The van der Waals surface area contributed by atoms with E-state index in [2.05, 4.69) is 15.1 Å². The summed E-state index contributed by atoms with van der Waals surface area (Å²) in [6.07, 6.45) is 5.09. The summed E-state index contributed by atoms with van der Waals surface area (Å²) in [7, 11) is 0. The Kier molecular flexibility index (Phi) is 3.37. The van der Waals surface area contributed by atoms with Crippen LogP contribution in [0, 0.1) is 0 Å². The van der Waals surface area contributed by atoms with Crippen LogP contribution in [0.1, 0.15) is 24.6 Å². The Labute approximate surface area is 114 Å². The Morgan fingerprint density at radius 2 is 2.42 bits per heavy atom. The van der Waals surface area contributed by atoms with Gasteiger partial charge in [0.1, 0.15) is 0 Å². The summed E-state index contributed by atoms with van der Waals surface area (Å²) < 4.78 is 6.68. The zero-order valence-corrected chi connectivity index (χ0v) is 11.4. The Hall–Kier alpha value is -1.63. The zero-order valence-electron chi connectivity index (χ0n) is 10.6. The average molecular weight is 278 g/mol. The first-order valence-corrected chi connectivity index (χ1v) is 7.28. The Morgan fingerprint density at radius 3 is 3.26 bits per heavy atom. The van der Waals surface area contributed by atoms with E-state index in [1.54, 1.807) is 11.4 Å². The highest BCUT2D eigenvalue weighted by Gasteiger charge is 2.18. The first kappa shape index (κ1) is 12.4. The lowest BCUT2D eigenvalue weighted by Crippen LogP contribution is -2.06. The van der Waals surface area contributed by atoms with Crippen molar-refractivity contribution in [3.05, 3.63) is 17.5 Å². The summed E-state index contributed by atoms with van der Waals surface area (Å²) in [5.74, 6) is 0.587. The van der Waals surface area contributed by atoms with Crippen molar-refractivity contribution in [1.29, 1.82) is 0 Å². The smallest absolute Gasteiger partial charge is 0.316 e. The van der Waals surface area contributed by atoms with Gasteiger partial charge >= 0.3 is 5.97 Å². The molecule has 2 aromatic rings. The minimum absolute atomic E-state index is 0.229. The highest BCUT2D eigenvalue weighted by Crippen LogP contribution is 2.22. The molecule has 0 aromatic carbocycles. The largest absolute Gasteiger partial charge is 0.465 e. The minimum atomic E-state index is -0.246. The molecule has 0 amide bonds. The topological polar surface area (TPSA) is 69.4 Å². The fraction of sp³-hybridized carbons (Fsp3) is 0.500. The van der Waals surface area contributed by atoms with Crippen LogP contribution in [-0.4, -0.2) is 37.9 Å². The third kappa shape index (κ3) is 2.42. The number of thioether (sulfide) groups is 1. The monoisotopic (exact) mass is 278 g/mol. The molecule has 0 aliphatic heterocycles. The van der Waals surface area contributed by atoms with Crippen LogP contribution < -0.4 is 0 Å². The van der Waals surface area contributed by atoms with Crippen LogP contribution in [0.15, 0.2) is 11.4 Å². The summed E-state index contributed by atoms with van der Waals surface area (Å²) in [4.78, 5) is 19.9. The molecule has 0 radical (unpaired) electrons. The Morgan fingerprint density at radius 1 is 1.53 bits per heavy atom. The van der Waals surface area contributed by atoms with Gasteiger partial charge in [-0.3, -0.25) is 4.79 Å². The van der Waals surface area contributed by atoms with E-state index in [4.69, 9.17) is 4.74 Å². The number of carbonyl (C=O) groups is 1. The molecule has 6 nitrogen and oxygen atoms in total. The van der Waals surface area contributed by atoms with Gasteiger partial charge < -0.3 is 4.74 Å². The molecule has 3 rings (SSSR count). The number of hydrogen-bond acceptors (Lipinski definition) is 6. The van der Waals surface area contributed by atoms with Crippen LogP contribution in [0.2, 0.25) is 0 Å². The highest BCUT2D eigenvalue weighted by atomic mass is 32.2. The van der Waals surface area contributed by atoms with Crippen molar-refractivity contribution >= 4 is 23.5 Å². The van der Waals surface area contributed by atoms with Gasteiger partial charge in [0, 0.05) is 6.20 Å². The number of nitrogens with zero attached hydrogens (tertiary/aromatic N) is 4. The molecule has 0 atom stereocenters. The Bertz CT molecular complexity index is 625. The summed E-state index contributed by atoms with van der Waals surface area (Å²) in [6, 6.07) is 0. The second kappa shape index (κ2) is 5.16. The van der Waals surface area contributed by atoms with Crippen LogP contribution in [0.3, 0.4) is 0 Å². The third-order valence-corrected chi connectivity index (χ3v) is 3.83. The highest BCUT2D eigenvalue weighted by molar-refractivity contribution is 7.99. The molecular formula is C12H14N4O2S.